The van der Waals surface area contributed by atoms with Crippen LogP contribution in [0.5, 0.6) is 0 Å². The van der Waals surface area contributed by atoms with E-state index in [4.69, 9.17) is 21.4 Å². The van der Waals surface area contributed by atoms with Crippen LogP contribution < -0.4 is 5.32 Å². The number of carbonyl (C=O) groups is 3. The van der Waals surface area contributed by atoms with Crippen molar-refractivity contribution in [1.82, 2.24) is 0 Å². The van der Waals surface area contributed by atoms with Crippen LogP contribution in [-0.2, 0) is 19.1 Å². The summed E-state index contributed by atoms with van der Waals surface area (Å²) < 4.78 is 4.79. The molecule has 2 N–H and O–H groups in total. The van der Waals surface area contributed by atoms with E-state index in [0.29, 0.717) is 10.7 Å². The fourth-order valence-electron chi connectivity index (χ4n) is 1.82. The molecule has 0 aromatic heterocycles. The van der Waals surface area contributed by atoms with Crippen molar-refractivity contribution in [2.24, 2.45) is 5.92 Å². The molecule has 0 bridgehead atoms. The van der Waals surface area contributed by atoms with Crippen LogP contribution in [-0.4, -0.2) is 29.6 Å². The van der Waals surface area contributed by atoms with E-state index in [1.165, 1.54) is 0 Å². The van der Waals surface area contributed by atoms with E-state index in [1.807, 2.05) is 6.92 Å². The molecule has 1 unspecified atom stereocenters. The molecule has 0 fully saturated rings. The van der Waals surface area contributed by atoms with E-state index < -0.39 is 30.2 Å². The quantitative estimate of drug-likeness (QED) is 0.751. The van der Waals surface area contributed by atoms with E-state index in [1.54, 1.807) is 25.1 Å². The average molecular weight is 328 g/mol. The Morgan fingerprint density at radius 1 is 1.32 bits per heavy atom. The van der Waals surface area contributed by atoms with E-state index in [9.17, 15) is 14.4 Å². The molecular formula is C15H18ClNO5. The molecule has 1 atom stereocenters. The van der Waals surface area contributed by atoms with E-state index >= 15 is 0 Å². The van der Waals surface area contributed by atoms with Gasteiger partial charge in [0.1, 0.15) is 0 Å². The maximum Gasteiger partial charge on any atom is 0.310 e. The summed E-state index contributed by atoms with van der Waals surface area (Å²) in [5.74, 6) is -3.34. The highest BCUT2D eigenvalue weighted by atomic mass is 35.5. The third kappa shape index (κ3) is 5.73. The topological polar surface area (TPSA) is 92.7 Å². The highest BCUT2D eigenvalue weighted by molar-refractivity contribution is 6.31. The number of aryl methyl sites for hydroxylation is 1. The number of carboxylic acids is 1. The summed E-state index contributed by atoms with van der Waals surface area (Å²) in [5, 5.41) is 11.9. The Balaban J connectivity index is 2.71. The first kappa shape index (κ1) is 18.0. The van der Waals surface area contributed by atoms with Gasteiger partial charge in [0.25, 0.3) is 0 Å². The molecule has 0 aliphatic carbocycles. The van der Waals surface area contributed by atoms with Gasteiger partial charge in [-0.1, -0.05) is 17.7 Å². The van der Waals surface area contributed by atoms with Crippen LogP contribution in [0, 0.1) is 12.8 Å². The van der Waals surface area contributed by atoms with Gasteiger partial charge in [0, 0.05) is 17.1 Å². The van der Waals surface area contributed by atoms with Gasteiger partial charge < -0.3 is 15.2 Å². The monoisotopic (exact) mass is 327 g/mol. The summed E-state index contributed by atoms with van der Waals surface area (Å²) in [6, 6.07) is 5.01. The summed E-state index contributed by atoms with van der Waals surface area (Å²) in [6.07, 6.45) is -0.725. The zero-order valence-corrected chi connectivity index (χ0v) is 13.1. The second-order valence-corrected chi connectivity index (χ2v) is 5.17. The number of esters is 1. The first-order valence-corrected chi connectivity index (χ1v) is 7.15. The van der Waals surface area contributed by atoms with Gasteiger partial charge in [0.2, 0.25) is 5.91 Å². The molecule has 0 spiro atoms. The Morgan fingerprint density at radius 3 is 2.55 bits per heavy atom. The van der Waals surface area contributed by atoms with Gasteiger partial charge in [-0.2, -0.15) is 0 Å². The standard InChI is InChI=1S/C15H18ClNO5/c1-3-22-15(21)10(7-14(19)20)6-13(18)17-11-5-4-9(2)12(16)8-11/h4-5,8,10H,3,6-7H2,1-2H3,(H,17,18)(H,19,20). The number of halogens is 1. The molecule has 1 aromatic rings. The second kappa shape index (κ2) is 8.38. The lowest BCUT2D eigenvalue weighted by Gasteiger charge is -2.13. The Morgan fingerprint density at radius 2 is 2.00 bits per heavy atom. The van der Waals surface area contributed by atoms with Crippen molar-refractivity contribution >= 4 is 35.1 Å². The third-order valence-corrected chi connectivity index (χ3v) is 3.34. The number of aliphatic carboxylic acids is 1. The summed E-state index contributed by atoms with van der Waals surface area (Å²) in [7, 11) is 0. The number of amides is 1. The van der Waals surface area contributed by atoms with Crippen LogP contribution in [0.25, 0.3) is 0 Å². The molecule has 1 amide bonds. The molecule has 0 heterocycles. The van der Waals surface area contributed by atoms with Crippen molar-refractivity contribution in [2.75, 3.05) is 11.9 Å². The molecule has 22 heavy (non-hydrogen) atoms. The molecule has 7 heteroatoms. The van der Waals surface area contributed by atoms with Gasteiger partial charge in [0.05, 0.1) is 18.9 Å². The number of benzene rings is 1. The molecule has 0 radical (unpaired) electrons. The average Bonchev–Trinajstić information content (AvgIpc) is 2.42. The fraction of sp³-hybridized carbons (Fsp3) is 0.400. The predicted octanol–water partition coefficient (Wildman–Crippen LogP) is 2.63. The summed E-state index contributed by atoms with van der Waals surface area (Å²) in [6.45, 7) is 3.58. The maximum absolute atomic E-state index is 12.0. The first-order chi connectivity index (χ1) is 10.3. The van der Waals surface area contributed by atoms with Gasteiger partial charge in [-0.15, -0.1) is 0 Å². The number of ether oxygens (including phenoxy) is 1. The highest BCUT2D eigenvalue weighted by Gasteiger charge is 2.26. The lowest BCUT2D eigenvalue weighted by molar-refractivity contribution is -0.153. The highest BCUT2D eigenvalue weighted by Crippen LogP contribution is 2.21. The third-order valence-electron chi connectivity index (χ3n) is 2.93. The lowest BCUT2D eigenvalue weighted by atomic mass is 10.0. The van der Waals surface area contributed by atoms with Crippen molar-refractivity contribution < 1.29 is 24.2 Å². The lowest BCUT2D eigenvalue weighted by Crippen LogP contribution is -2.26. The van der Waals surface area contributed by atoms with Gasteiger partial charge in [-0.3, -0.25) is 14.4 Å². The summed E-state index contributed by atoms with van der Waals surface area (Å²) in [5.41, 5.74) is 1.36. The largest absolute Gasteiger partial charge is 0.481 e. The van der Waals surface area contributed by atoms with E-state index in [2.05, 4.69) is 5.32 Å². The van der Waals surface area contributed by atoms with Crippen molar-refractivity contribution in [3.05, 3.63) is 28.8 Å². The normalized spacial score (nSPS) is 11.6. The molecule has 6 nitrogen and oxygen atoms in total. The minimum atomic E-state index is -1.16. The number of carboxylic acid groups (broad SMARTS) is 1. The molecule has 1 aromatic carbocycles. The number of hydrogen-bond donors (Lipinski definition) is 2. The Hall–Kier alpha value is -2.08. The van der Waals surface area contributed by atoms with Crippen molar-refractivity contribution in [1.29, 1.82) is 0 Å². The molecule has 0 aliphatic rings. The minimum Gasteiger partial charge on any atom is -0.481 e. The zero-order chi connectivity index (χ0) is 16.7. The van der Waals surface area contributed by atoms with E-state index in [0.717, 1.165) is 5.56 Å². The number of nitrogens with one attached hydrogen (secondary N) is 1. The Labute approximate surface area is 133 Å². The van der Waals surface area contributed by atoms with Crippen LogP contribution in [0.3, 0.4) is 0 Å². The SMILES string of the molecule is CCOC(=O)C(CC(=O)O)CC(=O)Nc1ccc(C)c(Cl)c1. The number of carbonyl (C=O) groups excluding carboxylic acids is 2. The summed E-state index contributed by atoms with van der Waals surface area (Å²) in [4.78, 5) is 34.4. The molecule has 1 rings (SSSR count). The predicted molar refractivity (Wildman–Crippen MR) is 81.8 cm³/mol. The number of rotatable bonds is 7. The van der Waals surface area contributed by atoms with Crippen molar-refractivity contribution in [2.45, 2.75) is 26.7 Å². The Bertz CT molecular complexity index is 573. The van der Waals surface area contributed by atoms with Gasteiger partial charge >= 0.3 is 11.9 Å². The minimum absolute atomic E-state index is 0.129. The van der Waals surface area contributed by atoms with E-state index in [-0.39, 0.29) is 13.0 Å². The Kier molecular flexibility index (Phi) is 6.85. The smallest absolute Gasteiger partial charge is 0.310 e. The van der Waals surface area contributed by atoms with Crippen molar-refractivity contribution in [3.8, 4) is 0 Å². The molecule has 0 saturated carbocycles. The van der Waals surface area contributed by atoms with Crippen LogP contribution in [0.1, 0.15) is 25.3 Å². The maximum atomic E-state index is 12.0. The molecular weight excluding hydrogens is 310 g/mol. The van der Waals surface area contributed by atoms with Gasteiger partial charge in [-0.05, 0) is 31.5 Å². The zero-order valence-electron chi connectivity index (χ0n) is 12.4. The number of anilines is 1. The fourth-order valence-corrected chi connectivity index (χ4v) is 2.00. The second-order valence-electron chi connectivity index (χ2n) is 4.76. The molecule has 120 valence electrons. The summed E-state index contributed by atoms with van der Waals surface area (Å²) >= 11 is 5.96. The van der Waals surface area contributed by atoms with Crippen molar-refractivity contribution in [3.63, 3.8) is 0 Å². The first-order valence-electron chi connectivity index (χ1n) is 6.78. The van der Waals surface area contributed by atoms with Crippen LogP contribution >= 0.6 is 11.6 Å². The van der Waals surface area contributed by atoms with Crippen LogP contribution in [0.4, 0.5) is 5.69 Å². The van der Waals surface area contributed by atoms with Gasteiger partial charge in [-0.25, -0.2) is 0 Å². The number of hydrogen-bond acceptors (Lipinski definition) is 4. The van der Waals surface area contributed by atoms with Gasteiger partial charge in [0.15, 0.2) is 0 Å². The van der Waals surface area contributed by atoms with Crippen LogP contribution in [0.2, 0.25) is 5.02 Å². The molecule has 0 saturated heterocycles. The van der Waals surface area contributed by atoms with Crippen LogP contribution in [0.15, 0.2) is 18.2 Å². The molecule has 0 aliphatic heterocycles.